The summed E-state index contributed by atoms with van der Waals surface area (Å²) in [6.07, 6.45) is 0.775. The zero-order valence-corrected chi connectivity index (χ0v) is 18.8. The minimum absolute atomic E-state index is 0.0156. The first-order chi connectivity index (χ1) is 15.4. The van der Waals surface area contributed by atoms with E-state index in [2.05, 4.69) is 5.32 Å². The molecule has 0 radical (unpaired) electrons. The minimum atomic E-state index is -1.14. The average molecular weight is 442 g/mol. The average Bonchev–Trinajstić information content (AvgIpc) is 2.79. The summed E-state index contributed by atoms with van der Waals surface area (Å²) in [5.74, 6) is -1.57. The van der Waals surface area contributed by atoms with Crippen LogP contribution in [0.3, 0.4) is 0 Å². The Balaban J connectivity index is 1.87. The highest BCUT2D eigenvalue weighted by atomic mass is 19.1. The lowest BCUT2D eigenvalue weighted by Gasteiger charge is -2.24. The third-order valence-corrected chi connectivity index (χ3v) is 5.37. The number of halogens is 1. The Kier molecular flexibility index (Phi) is 10.7. The molecule has 6 heteroatoms. The van der Waals surface area contributed by atoms with Crippen LogP contribution in [0.25, 0.3) is 0 Å². The maximum atomic E-state index is 13.1. The van der Waals surface area contributed by atoms with Crippen LogP contribution in [0.5, 0.6) is 0 Å². The molecule has 2 rings (SSSR count). The van der Waals surface area contributed by atoms with Crippen molar-refractivity contribution in [2.24, 2.45) is 11.8 Å². The van der Waals surface area contributed by atoms with Crippen LogP contribution in [0, 0.1) is 11.8 Å². The summed E-state index contributed by atoms with van der Waals surface area (Å²) >= 11 is 0. The smallest absolute Gasteiger partial charge is 0.223 e. The van der Waals surface area contributed by atoms with Crippen LogP contribution in [0.15, 0.2) is 60.7 Å². The predicted octanol–water partition coefficient (Wildman–Crippen LogP) is 4.09. The molecular formula is C26H32FNO4. The van der Waals surface area contributed by atoms with Crippen molar-refractivity contribution in [3.8, 4) is 0 Å². The summed E-state index contributed by atoms with van der Waals surface area (Å²) < 4.78 is 18.6. The molecule has 1 unspecified atom stereocenters. The highest BCUT2D eigenvalue weighted by Crippen LogP contribution is 2.19. The molecule has 0 fully saturated rings. The number of carbonyl (C=O) groups is 3. The van der Waals surface area contributed by atoms with Gasteiger partial charge in [-0.15, -0.1) is 0 Å². The molecule has 2 atom stereocenters. The molecule has 0 aliphatic rings. The Labute approximate surface area is 189 Å². The molecule has 0 aliphatic carbocycles. The van der Waals surface area contributed by atoms with E-state index in [1.807, 2.05) is 74.5 Å². The van der Waals surface area contributed by atoms with Crippen molar-refractivity contribution < 1.29 is 23.5 Å². The van der Waals surface area contributed by atoms with E-state index in [1.165, 1.54) is 0 Å². The molecule has 0 saturated heterocycles. The van der Waals surface area contributed by atoms with Crippen molar-refractivity contribution in [3.63, 3.8) is 0 Å². The molecule has 0 heterocycles. The summed E-state index contributed by atoms with van der Waals surface area (Å²) in [5.41, 5.74) is 1.83. The van der Waals surface area contributed by atoms with Gasteiger partial charge in [-0.2, -0.15) is 0 Å². The summed E-state index contributed by atoms with van der Waals surface area (Å²) in [5, 5.41) is 2.72. The van der Waals surface area contributed by atoms with Crippen LogP contribution in [-0.4, -0.2) is 36.8 Å². The second-order valence-corrected chi connectivity index (χ2v) is 8.26. The van der Waals surface area contributed by atoms with Crippen LogP contribution in [-0.2, 0) is 32.1 Å². The van der Waals surface area contributed by atoms with Crippen LogP contribution >= 0.6 is 0 Å². The number of ketones is 2. The van der Waals surface area contributed by atoms with E-state index >= 15 is 0 Å². The van der Waals surface area contributed by atoms with Gasteiger partial charge in [-0.1, -0.05) is 74.5 Å². The predicted molar refractivity (Wildman–Crippen MR) is 122 cm³/mol. The molecule has 0 bridgehead atoms. The van der Waals surface area contributed by atoms with Gasteiger partial charge in [-0.25, -0.2) is 4.39 Å². The first-order valence-corrected chi connectivity index (χ1v) is 11.0. The maximum Gasteiger partial charge on any atom is 0.223 e. The topological polar surface area (TPSA) is 72.5 Å². The number of hydrogen-bond acceptors (Lipinski definition) is 4. The number of carbonyl (C=O) groups excluding carboxylic acids is 3. The monoisotopic (exact) mass is 441 g/mol. The lowest BCUT2D eigenvalue weighted by molar-refractivity contribution is -0.132. The van der Waals surface area contributed by atoms with Crippen LogP contribution < -0.4 is 5.32 Å². The molecule has 1 amide bonds. The molecule has 32 heavy (non-hydrogen) atoms. The van der Waals surface area contributed by atoms with Gasteiger partial charge >= 0.3 is 0 Å². The van der Waals surface area contributed by atoms with Gasteiger partial charge in [-0.05, 0) is 29.9 Å². The molecule has 1 N–H and O–H groups in total. The Bertz CT molecular complexity index is 855. The number of Topliss-reactive ketones (excluding diaryl/α,β-unsaturated/α-hetero) is 2. The van der Waals surface area contributed by atoms with E-state index in [0.29, 0.717) is 13.0 Å². The molecule has 0 aromatic heterocycles. The van der Waals surface area contributed by atoms with E-state index in [0.717, 1.165) is 11.1 Å². The quantitative estimate of drug-likeness (QED) is 0.479. The summed E-state index contributed by atoms with van der Waals surface area (Å²) in [7, 11) is 0. The van der Waals surface area contributed by atoms with Gasteiger partial charge in [0.2, 0.25) is 5.91 Å². The van der Waals surface area contributed by atoms with E-state index in [1.54, 1.807) is 0 Å². The fourth-order valence-electron chi connectivity index (χ4n) is 3.48. The van der Waals surface area contributed by atoms with Crippen molar-refractivity contribution in [1.82, 2.24) is 5.32 Å². The van der Waals surface area contributed by atoms with E-state index < -0.39 is 24.4 Å². The van der Waals surface area contributed by atoms with Crippen LogP contribution in [0.1, 0.15) is 37.8 Å². The Morgan fingerprint density at radius 1 is 0.938 bits per heavy atom. The molecule has 0 spiro atoms. The third kappa shape index (κ3) is 8.71. The van der Waals surface area contributed by atoms with E-state index in [9.17, 15) is 18.8 Å². The fourth-order valence-corrected chi connectivity index (χ4v) is 3.48. The standard InChI is InChI=1S/C26H32FNO4/c1-19(2)23(14-13-22(29)18-32-17-21-11-7-4-8-12-21)26(31)28-24(25(30)16-27)15-20-9-5-3-6-10-20/h3-12,19,23-24H,13-18H2,1-2H3,(H,28,31)/t23-,24?/m0/s1. The molecule has 172 valence electrons. The van der Waals surface area contributed by atoms with Gasteiger partial charge < -0.3 is 10.1 Å². The Hall–Kier alpha value is -2.86. The molecule has 2 aromatic rings. The zero-order chi connectivity index (χ0) is 23.3. The van der Waals surface area contributed by atoms with Gasteiger partial charge in [0, 0.05) is 12.3 Å². The lowest BCUT2D eigenvalue weighted by atomic mass is 9.89. The van der Waals surface area contributed by atoms with Gasteiger partial charge in [-0.3, -0.25) is 14.4 Å². The Morgan fingerprint density at radius 2 is 1.53 bits per heavy atom. The summed E-state index contributed by atoms with van der Waals surface area (Å²) in [6, 6.07) is 17.8. The molecule has 5 nitrogen and oxygen atoms in total. The minimum Gasteiger partial charge on any atom is -0.369 e. The number of amides is 1. The number of ether oxygens (including phenoxy) is 1. The van der Waals surface area contributed by atoms with Crippen molar-refractivity contribution in [2.45, 2.75) is 45.8 Å². The van der Waals surface area contributed by atoms with Crippen LogP contribution in [0.2, 0.25) is 0 Å². The second-order valence-electron chi connectivity index (χ2n) is 8.26. The highest BCUT2D eigenvalue weighted by molar-refractivity contribution is 5.91. The van der Waals surface area contributed by atoms with Crippen molar-refractivity contribution in [3.05, 3.63) is 71.8 Å². The van der Waals surface area contributed by atoms with E-state index in [-0.39, 0.29) is 37.1 Å². The van der Waals surface area contributed by atoms with Crippen molar-refractivity contribution in [1.29, 1.82) is 0 Å². The SMILES string of the molecule is CC(C)[C@H](CCC(=O)COCc1ccccc1)C(=O)NC(Cc1ccccc1)C(=O)CF. The zero-order valence-electron chi connectivity index (χ0n) is 18.8. The number of alkyl halides is 1. The molecule has 0 aliphatic heterocycles. The molecular weight excluding hydrogens is 409 g/mol. The third-order valence-electron chi connectivity index (χ3n) is 5.37. The highest BCUT2D eigenvalue weighted by Gasteiger charge is 2.28. The van der Waals surface area contributed by atoms with Gasteiger partial charge in [0.05, 0.1) is 12.6 Å². The number of nitrogens with one attached hydrogen (secondary N) is 1. The second kappa shape index (κ2) is 13.5. The van der Waals surface area contributed by atoms with Crippen molar-refractivity contribution >= 4 is 17.5 Å². The summed E-state index contributed by atoms with van der Waals surface area (Å²) in [4.78, 5) is 37.2. The first kappa shape index (κ1) is 25.4. The lowest BCUT2D eigenvalue weighted by Crippen LogP contribution is -2.46. The van der Waals surface area contributed by atoms with Gasteiger partial charge in [0.15, 0.2) is 11.6 Å². The number of rotatable bonds is 14. The summed E-state index contributed by atoms with van der Waals surface area (Å²) in [6.45, 7) is 2.99. The van der Waals surface area contributed by atoms with Crippen LogP contribution in [0.4, 0.5) is 4.39 Å². The Morgan fingerprint density at radius 3 is 2.09 bits per heavy atom. The van der Waals surface area contributed by atoms with Gasteiger partial charge in [0.25, 0.3) is 0 Å². The van der Waals surface area contributed by atoms with Crippen molar-refractivity contribution in [2.75, 3.05) is 13.3 Å². The first-order valence-electron chi connectivity index (χ1n) is 11.0. The maximum absolute atomic E-state index is 13.1. The fraction of sp³-hybridized carbons (Fsp3) is 0.423. The normalized spacial score (nSPS) is 12.9. The molecule has 2 aromatic carbocycles. The molecule has 0 saturated carbocycles. The number of benzene rings is 2. The number of hydrogen-bond donors (Lipinski definition) is 1. The largest absolute Gasteiger partial charge is 0.369 e. The van der Waals surface area contributed by atoms with E-state index in [4.69, 9.17) is 4.74 Å². The van der Waals surface area contributed by atoms with Gasteiger partial charge in [0.1, 0.15) is 13.3 Å².